The average Bonchev–Trinajstić information content (AvgIpc) is 3.11. The molecular weight excluding hydrogens is 492 g/mol. The molecular formula is C25H25ClN2O6S. The van der Waals surface area contributed by atoms with Gasteiger partial charge in [0, 0.05) is 13.1 Å². The predicted octanol–water partition coefficient (Wildman–Crippen LogP) is 4.13. The van der Waals surface area contributed by atoms with Crippen LogP contribution in [0, 0.1) is 6.92 Å². The van der Waals surface area contributed by atoms with E-state index in [0.717, 1.165) is 27.8 Å². The molecule has 184 valence electrons. The van der Waals surface area contributed by atoms with E-state index in [2.05, 4.69) is 0 Å². The van der Waals surface area contributed by atoms with Crippen LogP contribution in [0.5, 0.6) is 11.5 Å². The van der Waals surface area contributed by atoms with E-state index in [1.165, 1.54) is 7.11 Å². The number of benzene rings is 2. The van der Waals surface area contributed by atoms with Crippen molar-refractivity contribution in [2.24, 2.45) is 0 Å². The summed E-state index contributed by atoms with van der Waals surface area (Å²) in [7, 11) is 1.50. The molecule has 3 amide bonds. The van der Waals surface area contributed by atoms with Gasteiger partial charge in [0.2, 0.25) is 5.91 Å². The first-order valence-corrected chi connectivity index (χ1v) is 12.2. The summed E-state index contributed by atoms with van der Waals surface area (Å²) in [5.41, 5.74) is 2.71. The van der Waals surface area contributed by atoms with Crippen LogP contribution in [-0.4, -0.2) is 66.8 Å². The van der Waals surface area contributed by atoms with Crippen LogP contribution in [0.25, 0.3) is 6.08 Å². The lowest BCUT2D eigenvalue weighted by atomic mass is 10.1. The molecule has 0 N–H and O–H groups in total. The second kappa shape index (κ2) is 11.2. The topological polar surface area (TPSA) is 85.4 Å². The van der Waals surface area contributed by atoms with Crippen LogP contribution in [-0.2, 0) is 20.9 Å². The number of aryl methyl sites for hydroxylation is 1. The minimum Gasteiger partial charge on any atom is -0.493 e. The van der Waals surface area contributed by atoms with Crippen LogP contribution >= 0.6 is 23.4 Å². The molecule has 4 rings (SSSR count). The number of hydrogen-bond donors (Lipinski definition) is 0. The quantitative estimate of drug-likeness (QED) is 0.511. The van der Waals surface area contributed by atoms with Crippen molar-refractivity contribution < 1.29 is 28.6 Å². The Hall–Kier alpha value is -3.01. The van der Waals surface area contributed by atoms with Crippen LogP contribution in [0.1, 0.15) is 16.7 Å². The number of imide groups is 1. The number of methoxy groups -OCH3 is 1. The third kappa shape index (κ3) is 5.98. The zero-order valence-corrected chi connectivity index (χ0v) is 21.0. The fourth-order valence-corrected chi connectivity index (χ4v) is 4.75. The number of thioether (sulfide) groups is 1. The molecule has 0 unspecified atom stereocenters. The first-order chi connectivity index (χ1) is 16.9. The summed E-state index contributed by atoms with van der Waals surface area (Å²) in [6, 6.07) is 11.3. The minimum atomic E-state index is -0.517. The third-order valence-corrected chi connectivity index (χ3v) is 6.77. The second-order valence-corrected chi connectivity index (χ2v) is 9.47. The van der Waals surface area contributed by atoms with Gasteiger partial charge in [-0.2, -0.15) is 0 Å². The molecule has 2 heterocycles. The summed E-state index contributed by atoms with van der Waals surface area (Å²) >= 11 is 7.26. The van der Waals surface area contributed by atoms with Crippen molar-refractivity contribution >= 4 is 46.5 Å². The lowest BCUT2D eigenvalue weighted by Crippen LogP contribution is -2.46. The number of nitrogens with zero attached hydrogens (tertiary/aromatic N) is 2. The summed E-state index contributed by atoms with van der Waals surface area (Å²) in [5.74, 6) is -0.0123. The molecule has 0 aliphatic carbocycles. The third-order valence-electron chi connectivity index (χ3n) is 5.58. The van der Waals surface area contributed by atoms with Crippen LogP contribution in [0.2, 0.25) is 5.02 Å². The molecule has 2 aliphatic heterocycles. The molecule has 10 heteroatoms. The Labute approximate surface area is 212 Å². The van der Waals surface area contributed by atoms with E-state index in [1.54, 1.807) is 23.1 Å². The number of rotatable bonds is 7. The molecule has 2 aromatic carbocycles. The molecule has 2 fully saturated rings. The van der Waals surface area contributed by atoms with E-state index in [9.17, 15) is 14.4 Å². The first-order valence-electron chi connectivity index (χ1n) is 11.0. The Morgan fingerprint density at radius 2 is 1.89 bits per heavy atom. The molecule has 0 aromatic heterocycles. The molecule has 0 spiro atoms. The van der Waals surface area contributed by atoms with Crippen LogP contribution in [0.4, 0.5) is 4.79 Å². The maximum Gasteiger partial charge on any atom is 0.294 e. The smallest absolute Gasteiger partial charge is 0.294 e. The Morgan fingerprint density at radius 3 is 2.57 bits per heavy atom. The maximum atomic E-state index is 12.9. The monoisotopic (exact) mass is 516 g/mol. The van der Waals surface area contributed by atoms with Crippen molar-refractivity contribution in [2.75, 3.05) is 40.0 Å². The van der Waals surface area contributed by atoms with E-state index in [-0.39, 0.29) is 17.4 Å². The van der Waals surface area contributed by atoms with Gasteiger partial charge in [-0.1, -0.05) is 41.4 Å². The normalized spacial score (nSPS) is 17.3. The summed E-state index contributed by atoms with van der Waals surface area (Å²) in [6.07, 6.45) is 1.56. The Bertz CT molecular complexity index is 1160. The molecule has 2 aliphatic rings. The summed E-state index contributed by atoms with van der Waals surface area (Å²) in [4.78, 5) is 40.6. The van der Waals surface area contributed by atoms with E-state index < -0.39 is 11.1 Å². The van der Waals surface area contributed by atoms with E-state index in [1.807, 2.05) is 31.2 Å². The van der Waals surface area contributed by atoms with Crippen LogP contribution < -0.4 is 9.47 Å². The van der Waals surface area contributed by atoms with Crippen LogP contribution in [0.15, 0.2) is 41.3 Å². The van der Waals surface area contributed by atoms with Crippen LogP contribution in [0.3, 0.4) is 0 Å². The van der Waals surface area contributed by atoms with Gasteiger partial charge in [-0.15, -0.1) is 0 Å². The minimum absolute atomic E-state index is 0.205. The Kier molecular flexibility index (Phi) is 8.00. The van der Waals surface area contributed by atoms with E-state index in [4.69, 9.17) is 25.8 Å². The zero-order valence-electron chi connectivity index (χ0n) is 19.4. The molecule has 2 saturated heterocycles. The largest absolute Gasteiger partial charge is 0.493 e. The van der Waals surface area contributed by atoms with Gasteiger partial charge in [0.05, 0.1) is 30.3 Å². The fourth-order valence-electron chi connectivity index (χ4n) is 3.64. The molecule has 0 saturated carbocycles. The molecule has 8 nitrogen and oxygen atoms in total. The van der Waals surface area contributed by atoms with Crippen molar-refractivity contribution in [1.29, 1.82) is 0 Å². The molecule has 0 radical (unpaired) electrons. The standard InChI is InChI=1S/C25H25ClN2O6S/c1-16-3-5-17(6-4-16)15-34-23-19(26)11-18(12-20(23)32-2)13-21-24(30)28(25(31)35-21)14-22(29)27-7-9-33-10-8-27/h3-6,11-13H,7-10,14-15H2,1-2H3/b21-13+. The lowest BCUT2D eigenvalue weighted by Gasteiger charge is -2.28. The number of hydrogen-bond acceptors (Lipinski definition) is 7. The van der Waals surface area contributed by atoms with Gasteiger partial charge >= 0.3 is 0 Å². The Balaban J connectivity index is 1.47. The number of amides is 3. The average molecular weight is 517 g/mol. The molecule has 0 bridgehead atoms. The number of ether oxygens (including phenoxy) is 3. The first kappa shape index (κ1) is 25.1. The number of carbonyl (C=O) groups excluding carboxylic acids is 3. The highest BCUT2D eigenvalue weighted by Gasteiger charge is 2.37. The van der Waals surface area contributed by atoms with Gasteiger partial charge in [0.1, 0.15) is 13.2 Å². The summed E-state index contributed by atoms with van der Waals surface area (Å²) < 4.78 is 16.6. The Morgan fingerprint density at radius 1 is 1.17 bits per heavy atom. The number of carbonyl (C=O) groups is 3. The van der Waals surface area contributed by atoms with Crippen molar-refractivity contribution in [3.8, 4) is 11.5 Å². The summed E-state index contributed by atoms with van der Waals surface area (Å²) in [5, 5.41) is -0.177. The van der Waals surface area contributed by atoms with Gasteiger partial charge in [0.25, 0.3) is 11.1 Å². The summed E-state index contributed by atoms with van der Waals surface area (Å²) in [6.45, 7) is 3.81. The second-order valence-electron chi connectivity index (χ2n) is 8.07. The van der Waals surface area contributed by atoms with E-state index in [0.29, 0.717) is 55.0 Å². The van der Waals surface area contributed by atoms with Crippen molar-refractivity contribution in [2.45, 2.75) is 13.5 Å². The SMILES string of the molecule is COc1cc(/C=C2/SC(=O)N(CC(=O)N3CCOCC3)C2=O)cc(Cl)c1OCc1ccc(C)cc1. The van der Waals surface area contributed by atoms with E-state index >= 15 is 0 Å². The molecule has 2 aromatic rings. The number of morpholine rings is 1. The highest BCUT2D eigenvalue weighted by Crippen LogP contribution is 2.39. The maximum absolute atomic E-state index is 12.9. The van der Waals surface area contributed by atoms with Gasteiger partial charge in [-0.3, -0.25) is 19.3 Å². The highest BCUT2D eigenvalue weighted by molar-refractivity contribution is 8.18. The van der Waals surface area contributed by atoms with Gasteiger partial charge in [-0.25, -0.2) is 0 Å². The van der Waals surface area contributed by atoms with Crippen molar-refractivity contribution in [3.63, 3.8) is 0 Å². The zero-order chi connectivity index (χ0) is 24.9. The van der Waals surface area contributed by atoms with Gasteiger partial charge in [0.15, 0.2) is 11.5 Å². The lowest BCUT2D eigenvalue weighted by molar-refractivity contribution is -0.139. The van der Waals surface area contributed by atoms with Gasteiger partial charge in [-0.05, 0) is 48.0 Å². The predicted molar refractivity (Wildman–Crippen MR) is 134 cm³/mol. The van der Waals surface area contributed by atoms with Gasteiger partial charge < -0.3 is 19.1 Å². The number of halogens is 1. The fraction of sp³-hybridized carbons (Fsp3) is 0.320. The highest BCUT2D eigenvalue weighted by atomic mass is 35.5. The van der Waals surface area contributed by atoms with Crippen molar-refractivity contribution in [1.82, 2.24) is 9.80 Å². The van der Waals surface area contributed by atoms with Crippen molar-refractivity contribution in [3.05, 3.63) is 63.0 Å². The molecule has 35 heavy (non-hydrogen) atoms. The molecule has 0 atom stereocenters.